The number of non-ortho nitro benzene ring substituents is 1. The van der Waals surface area contributed by atoms with Crippen molar-refractivity contribution in [2.24, 2.45) is 16.6 Å². The Labute approximate surface area is 79.5 Å². The fourth-order valence-corrected chi connectivity index (χ4v) is 0.787. The highest BCUT2D eigenvalue weighted by Gasteiger charge is 2.02. The zero-order valence-corrected chi connectivity index (χ0v) is 7.18. The number of benzene rings is 1. The van der Waals surface area contributed by atoms with Gasteiger partial charge >= 0.3 is 0 Å². The van der Waals surface area contributed by atoms with Crippen LogP contribution in [0.5, 0.6) is 0 Å². The van der Waals surface area contributed by atoms with Crippen LogP contribution in [-0.4, -0.2) is 10.9 Å². The fourth-order valence-electron chi connectivity index (χ4n) is 0.787. The molecule has 0 atom stereocenters. The van der Waals surface area contributed by atoms with E-state index in [1.54, 1.807) is 0 Å². The Balaban J connectivity index is 2.74. The molecule has 0 spiro atoms. The Kier molecular flexibility index (Phi) is 2.85. The summed E-state index contributed by atoms with van der Waals surface area (Å²) in [6, 6.07) is 5.71. The number of nitrogens with zero attached hydrogens (tertiary/aromatic N) is 2. The molecule has 5 N–H and O–H groups in total. The molecule has 14 heavy (non-hydrogen) atoms. The Morgan fingerprint density at radius 3 is 2.36 bits per heavy atom. The van der Waals surface area contributed by atoms with Crippen molar-refractivity contribution in [3.63, 3.8) is 0 Å². The first kappa shape index (κ1) is 9.78. The number of nitro benzene ring substituents is 1. The van der Waals surface area contributed by atoms with Crippen LogP contribution in [0.4, 0.5) is 11.4 Å². The third-order valence-electron chi connectivity index (χ3n) is 1.39. The summed E-state index contributed by atoms with van der Waals surface area (Å²) in [5, 5.41) is 13.8. The van der Waals surface area contributed by atoms with Crippen molar-refractivity contribution in [2.45, 2.75) is 0 Å². The SMILES string of the molecule is NC(N)=NNc1ccc([N+](=O)[O-])cc1. The number of hydrazone groups is 1. The second-order valence-electron chi connectivity index (χ2n) is 2.45. The second-order valence-corrected chi connectivity index (χ2v) is 2.45. The first-order valence-electron chi connectivity index (χ1n) is 3.68. The maximum Gasteiger partial charge on any atom is 0.269 e. The molecule has 7 nitrogen and oxygen atoms in total. The van der Waals surface area contributed by atoms with Gasteiger partial charge in [-0.1, -0.05) is 0 Å². The van der Waals surface area contributed by atoms with E-state index in [1.807, 2.05) is 0 Å². The Bertz CT molecular complexity index is 355. The minimum atomic E-state index is -0.482. The predicted octanol–water partition coefficient (Wildman–Crippen LogP) is 0.195. The van der Waals surface area contributed by atoms with Gasteiger partial charge in [-0.25, -0.2) is 0 Å². The van der Waals surface area contributed by atoms with Gasteiger partial charge in [0.1, 0.15) is 0 Å². The molecule has 0 aliphatic rings. The van der Waals surface area contributed by atoms with Crippen LogP contribution in [0, 0.1) is 10.1 Å². The van der Waals surface area contributed by atoms with Gasteiger partial charge in [0.05, 0.1) is 10.6 Å². The molecule has 0 radical (unpaired) electrons. The molecule has 7 heteroatoms. The lowest BCUT2D eigenvalue weighted by atomic mass is 10.3. The summed E-state index contributed by atoms with van der Waals surface area (Å²) in [5.41, 5.74) is 13.3. The molecule has 0 aliphatic carbocycles. The molecule has 0 aliphatic heterocycles. The molecule has 0 amide bonds. The third-order valence-corrected chi connectivity index (χ3v) is 1.39. The summed E-state index contributed by atoms with van der Waals surface area (Å²) in [7, 11) is 0. The van der Waals surface area contributed by atoms with Crippen LogP contribution >= 0.6 is 0 Å². The maximum atomic E-state index is 10.3. The van der Waals surface area contributed by atoms with E-state index >= 15 is 0 Å². The van der Waals surface area contributed by atoms with E-state index in [1.165, 1.54) is 24.3 Å². The number of hydrogen-bond donors (Lipinski definition) is 3. The number of nitrogens with one attached hydrogen (secondary N) is 1. The predicted molar refractivity (Wildman–Crippen MR) is 52.5 cm³/mol. The largest absolute Gasteiger partial charge is 0.369 e. The Hall–Kier alpha value is -2.31. The molecule has 0 fully saturated rings. The molecule has 0 unspecified atom stereocenters. The molecule has 0 aromatic heterocycles. The van der Waals surface area contributed by atoms with Crippen LogP contribution in [-0.2, 0) is 0 Å². The van der Waals surface area contributed by atoms with Crippen molar-refractivity contribution in [3.8, 4) is 0 Å². The van der Waals surface area contributed by atoms with E-state index in [-0.39, 0.29) is 11.6 Å². The lowest BCUT2D eigenvalue weighted by molar-refractivity contribution is -0.384. The Morgan fingerprint density at radius 2 is 1.93 bits per heavy atom. The van der Waals surface area contributed by atoms with E-state index in [2.05, 4.69) is 10.5 Å². The van der Waals surface area contributed by atoms with Gasteiger partial charge in [0.2, 0.25) is 5.96 Å². The van der Waals surface area contributed by atoms with E-state index in [9.17, 15) is 10.1 Å². The van der Waals surface area contributed by atoms with Crippen LogP contribution in [0.15, 0.2) is 29.4 Å². The summed E-state index contributed by atoms with van der Waals surface area (Å²) < 4.78 is 0. The van der Waals surface area contributed by atoms with Crippen LogP contribution < -0.4 is 16.9 Å². The molecule has 0 bridgehead atoms. The molecule has 1 rings (SSSR count). The zero-order chi connectivity index (χ0) is 10.6. The molecular weight excluding hydrogens is 186 g/mol. The highest BCUT2D eigenvalue weighted by Crippen LogP contribution is 2.14. The quantitative estimate of drug-likeness (QED) is 0.275. The van der Waals surface area contributed by atoms with Crippen LogP contribution in [0.1, 0.15) is 0 Å². The van der Waals surface area contributed by atoms with Crippen molar-refractivity contribution < 1.29 is 4.92 Å². The van der Waals surface area contributed by atoms with E-state index in [0.717, 1.165) is 0 Å². The van der Waals surface area contributed by atoms with Crippen molar-refractivity contribution in [2.75, 3.05) is 5.43 Å². The van der Waals surface area contributed by atoms with Crippen LogP contribution in [0.3, 0.4) is 0 Å². The number of anilines is 1. The number of nitrogens with two attached hydrogens (primary N) is 2. The Morgan fingerprint density at radius 1 is 1.36 bits per heavy atom. The van der Waals surface area contributed by atoms with Crippen molar-refractivity contribution in [3.05, 3.63) is 34.4 Å². The van der Waals surface area contributed by atoms with Gasteiger partial charge in [0, 0.05) is 12.1 Å². The monoisotopic (exact) mass is 195 g/mol. The highest BCUT2D eigenvalue weighted by molar-refractivity contribution is 5.76. The summed E-state index contributed by atoms with van der Waals surface area (Å²) in [4.78, 5) is 9.81. The van der Waals surface area contributed by atoms with Gasteiger partial charge in [-0.05, 0) is 12.1 Å². The maximum absolute atomic E-state index is 10.3. The van der Waals surface area contributed by atoms with E-state index < -0.39 is 4.92 Å². The normalized spacial score (nSPS) is 9.14. The summed E-state index contributed by atoms with van der Waals surface area (Å²) >= 11 is 0. The van der Waals surface area contributed by atoms with Gasteiger partial charge in [-0.15, -0.1) is 5.10 Å². The van der Waals surface area contributed by atoms with Crippen molar-refractivity contribution >= 4 is 17.3 Å². The van der Waals surface area contributed by atoms with E-state index in [0.29, 0.717) is 5.69 Å². The zero-order valence-electron chi connectivity index (χ0n) is 7.18. The molecule has 0 heterocycles. The average molecular weight is 195 g/mol. The fraction of sp³-hybridized carbons (Fsp3) is 0. The molecule has 1 aromatic carbocycles. The first-order chi connectivity index (χ1) is 6.59. The summed E-state index contributed by atoms with van der Waals surface area (Å²) in [6.07, 6.45) is 0. The lowest BCUT2D eigenvalue weighted by Crippen LogP contribution is -2.23. The molecule has 1 aromatic rings. The lowest BCUT2D eigenvalue weighted by Gasteiger charge is -1.99. The summed E-state index contributed by atoms with van der Waals surface area (Å²) in [5.74, 6) is -0.108. The minimum absolute atomic E-state index is 0.0141. The molecule has 0 saturated carbocycles. The number of rotatable bonds is 3. The smallest absolute Gasteiger partial charge is 0.269 e. The number of hydrogen-bond acceptors (Lipinski definition) is 4. The van der Waals surface area contributed by atoms with Gasteiger partial charge in [-0.2, -0.15) is 0 Å². The minimum Gasteiger partial charge on any atom is -0.369 e. The van der Waals surface area contributed by atoms with Crippen molar-refractivity contribution in [1.82, 2.24) is 0 Å². The number of nitro groups is 1. The molecule has 74 valence electrons. The van der Waals surface area contributed by atoms with E-state index in [4.69, 9.17) is 11.5 Å². The van der Waals surface area contributed by atoms with Crippen LogP contribution in [0.2, 0.25) is 0 Å². The highest BCUT2D eigenvalue weighted by atomic mass is 16.6. The molecule has 0 saturated heterocycles. The third kappa shape index (κ3) is 2.63. The standard InChI is InChI=1S/C7H9N5O2/c8-7(9)11-10-5-1-3-6(4-2-5)12(13)14/h1-4,10H,(H4,8,9,11). The van der Waals surface area contributed by atoms with Crippen LogP contribution in [0.25, 0.3) is 0 Å². The molecular formula is C7H9N5O2. The second kappa shape index (κ2) is 4.08. The summed E-state index contributed by atoms with van der Waals surface area (Å²) in [6.45, 7) is 0. The first-order valence-corrected chi connectivity index (χ1v) is 3.68. The average Bonchev–Trinajstić information content (AvgIpc) is 2.15. The van der Waals surface area contributed by atoms with Gasteiger partial charge < -0.3 is 11.5 Å². The van der Waals surface area contributed by atoms with Gasteiger partial charge in [-0.3, -0.25) is 15.5 Å². The van der Waals surface area contributed by atoms with Crippen molar-refractivity contribution in [1.29, 1.82) is 0 Å². The van der Waals surface area contributed by atoms with Gasteiger partial charge in [0.25, 0.3) is 5.69 Å². The van der Waals surface area contributed by atoms with Gasteiger partial charge in [0.15, 0.2) is 0 Å². The topological polar surface area (TPSA) is 120 Å². The number of guanidine groups is 1.